The van der Waals surface area contributed by atoms with Crippen LogP contribution in [0.3, 0.4) is 0 Å². The molecule has 0 aromatic heterocycles. The molecule has 0 N–H and O–H groups in total. The lowest BCUT2D eigenvalue weighted by Gasteiger charge is -2.33. The average Bonchev–Trinajstić information content (AvgIpc) is 2.67. The molecule has 1 atom stereocenters. The number of benzene rings is 1. The molecule has 3 nitrogen and oxygen atoms in total. The predicted octanol–water partition coefficient (Wildman–Crippen LogP) is 3.20. The second kappa shape index (κ2) is 6.89. The predicted molar refractivity (Wildman–Crippen MR) is 84.6 cm³/mol. The Bertz CT molecular complexity index is 458. The van der Waals surface area contributed by atoms with E-state index in [0.29, 0.717) is 12.5 Å². The molecule has 1 fully saturated rings. The van der Waals surface area contributed by atoms with E-state index < -0.39 is 0 Å². The summed E-state index contributed by atoms with van der Waals surface area (Å²) in [5, 5.41) is 0. The lowest BCUT2D eigenvalue weighted by atomic mass is 10.0. The van der Waals surface area contributed by atoms with Gasteiger partial charge in [-0.05, 0) is 38.6 Å². The molecule has 2 rings (SSSR count). The van der Waals surface area contributed by atoms with E-state index >= 15 is 0 Å². The van der Waals surface area contributed by atoms with Gasteiger partial charge in [0.15, 0.2) is 5.78 Å². The zero-order valence-corrected chi connectivity index (χ0v) is 12.9. The van der Waals surface area contributed by atoms with Gasteiger partial charge in [0.25, 0.3) is 0 Å². The maximum Gasteiger partial charge on any atom is 0.164 e. The quantitative estimate of drug-likeness (QED) is 0.788. The molecule has 1 aromatic rings. The summed E-state index contributed by atoms with van der Waals surface area (Å²) in [4.78, 5) is 17.0. The Morgan fingerprint density at radius 1 is 1.25 bits per heavy atom. The van der Waals surface area contributed by atoms with Gasteiger partial charge in [0.1, 0.15) is 0 Å². The second-order valence-electron chi connectivity index (χ2n) is 5.67. The molecule has 3 heteroatoms. The van der Waals surface area contributed by atoms with Gasteiger partial charge in [-0.2, -0.15) is 0 Å². The van der Waals surface area contributed by atoms with Crippen LogP contribution in [-0.2, 0) is 0 Å². The summed E-state index contributed by atoms with van der Waals surface area (Å²) in [7, 11) is 2.19. The van der Waals surface area contributed by atoms with Crippen molar-refractivity contribution in [2.45, 2.75) is 39.2 Å². The van der Waals surface area contributed by atoms with Gasteiger partial charge in [0.05, 0.1) is 0 Å². The highest BCUT2D eigenvalue weighted by Gasteiger charge is 2.24. The average molecular weight is 274 g/mol. The van der Waals surface area contributed by atoms with Crippen LogP contribution in [0.25, 0.3) is 0 Å². The molecule has 1 aliphatic heterocycles. The summed E-state index contributed by atoms with van der Waals surface area (Å²) in [6.45, 7) is 7.42. The summed E-state index contributed by atoms with van der Waals surface area (Å²) >= 11 is 0. The summed E-state index contributed by atoms with van der Waals surface area (Å²) in [5.74, 6) is 0.244. The molecule has 0 aliphatic carbocycles. The van der Waals surface area contributed by atoms with E-state index in [-0.39, 0.29) is 5.78 Å². The Morgan fingerprint density at radius 2 is 2.00 bits per heavy atom. The van der Waals surface area contributed by atoms with Crippen molar-refractivity contribution in [3.8, 4) is 0 Å². The minimum atomic E-state index is 0.244. The molecule has 0 saturated carbocycles. The number of ketones is 1. The number of Topliss-reactive ketones (excluding diaryl/α,β-unsaturated/α-hetero) is 1. The minimum Gasteiger partial charge on any atom is -0.367 e. The molecule has 1 saturated heterocycles. The summed E-state index contributed by atoms with van der Waals surface area (Å²) in [6, 6.07) is 8.59. The van der Waals surface area contributed by atoms with Crippen LogP contribution in [-0.4, -0.2) is 43.4 Å². The Labute approximate surface area is 122 Å². The fourth-order valence-corrected chi connectivity index (χ4v) is 3.06. The van der Waals surface area contributed by atoms with E-state index in [2.05, 4.69) is 29.8 Å². The van der Waals surface area contributed by atoms with Gasteiger partial charge in [-0.1, -0.05) is 26.0 Å². The summed E-state index contributed by atoms with van der Waals surface area (Å²) < 4.78 is 0. The SMILES string of the molecule is CCC(=O)c1ccccc1N1CCCN(C)CC1CC. The van der Waals surface area contributed by atoms with E-state index in [1.807, 2.05) is 25.1 Å². The van der Waals surface area contributed by atoms with E-state index in [1.54, 1.807) is 0 Å². The Kier molecular flexibility index (Phi) is 5.18. The Hall–Kier alpha value is -1.35. The van der Waals surface area contributed by atoms with Crippen LogP contribution in [0.2, 0.25) is 0 Å². The maximum absolute atomic E-state index is 12.2. The zero-order valence-electron chi connectivity index (χ0n) is 12.9. The molecule has 1 aliphatic rings. The van der Waals surface area contributed by atoms with Crippen molar-refractivity contribution in [3.63, 3.8) is 0 Å². The van der Waals surface area contributed by atoms with Crippen molar-refractivity contribution in [1.82, 2.24) is 4.90 Å². The maximum atomic E-state index is 12.2. The molecule has 1 heterocycles. The normalized spacial score (nSPS) is 20.8. The molecule has 0 spiro atoms. The number of hydrogen-bond acceptors (Lipinski definition) is 3. The summed E-state index contributed by atoms with van der Waals surface area (Å²) in [5.41, 5.74) is 2.01. The molecule has 0 amide bonds. The zero-order chi connectivity index (χ0) is 14.5. The monoisotopic (exact) mass is 274 g/mol. The van der Waals surface area contributed by atoms with Crippen LogP contribution in [0, 0.1) is 0 Å². The van der Waals surface area contributed by atoms with Crippen LogP contribution in [0.15, 0.2) is 24.3 Å². The first kappa shape index (κ1) is 15.0. The highest BCUT2D eigenvalue weighted by molar-refractivity contribution is 6.01. The number of hydrogen-bond donors (Lipinski definition) is 0. The van der Waals surface area contributed by atoms with Crippen molar-refractivity contribution in [2.24, 2.45) is 0 Å². The molecule has 0 radical (unpaired) electrons. The van der Waals surface area contributed by atoms with E-state index in [9.17, 15) is 4.79 Å². The molecule has 110 valence electrons. The smallest absolute Gasteiger partial charge is 0.164 e. The van der Waals surface area contributed by atoms with Crippen LogP contribution in [0.4, 0.5) is 5.69 Å². The first-order valence-electron chi connectivity index (χ1n) is 7.74. The molecule has 1 unspecified atom stereocenters. The number of likely N-dealkylation sites (N-methyl/N-ethyl adjacent to an activating group) is 1. The second-order valence-corrected chi connectivity index (χ2v) is 5.67. The van der Waals surface area contributed by atoms with Crippen molar-refractivity contribution >= 4 is 11.5 Å². The number of anilines is 1. The molecular formula is C17H26N2O. The molecule has 0 bridgehead atoms. The van der Waals surface area contributed by atoms with Gasteiger partial charge in [-0.3, -0.25) is 4.79 Å². The van der Waals surface area contributed by atoms with E-state index in [0.717, 1.165) is 43.7 Å². The Balaban J connectivity index is 2.35. The van der Waals surface area contributed by atoms with Crippen LogP contribution in [0.5, 0.6) is 0 Å². The minimum absolute atomic E-state index is 0.244. The highest BCUT2D eigenvalue weighted by atomic mass is 16.1. The van der Waals surface area contributed by atoms with Gasteiger partial charge in [0, 0.05) is 36.8 Å². The first-order chi connectivity index (χ1) is 9.67. The fourth-order valence-electron chi connectivity index (χ4n) is 3.06. The molecular weight excluding hydrogens is 248 g/mol. The Morgan fingerprint density at radius 3 is 2.70 bits per heavy atom. The van der Waals surface area contributed by atoms with Gasteiger partial charge in [-0.25, -0.2) is 0 Å². The van der Waals surface area contributed by atoms with Crippen molar-refractivity contribution in [2.75, 3.05) is 31.6 Å². The van der Waals surface area contributed by atoms with Crippen molar-refractivity contribution in [1.29, 1.82) is 0 Å². The number of nitrogens with zero attached hydrogens (tertiary/aromatic N) is 2. The van der Waals surface area contributed by atoms with E-state index in [4.69, 9.17) is 0 Å². The topological polar surface area (TPSA) is 23.6 Å². The largest absolute Gasteiger partial charge is 0.367 e. The third-order valence-corrected chi connectivity index (χ3v) is 4.21. The third-order valence-electron chi connectivity index (χ3n) is 4.21. The lowest BCUT2D eigenvalue weighted by Crippen LogP contribution is -2.40. The van der Waals surface area contributed by atoms with E-state index in [1.165, 1.54) is 0 Å². The number of rotatable bonds is 4. The number of para-hydroxylation sites is 1. The summed E-state index contributed by atoms with van der Waals surface area (Å²) in [6.07, 6.45) is 2.84. The highest BCUT2D eigenvalue weighted by Crippen LogP contribution is 2.26. The first-order valence-corrected chi connectivity index (χ1v) is 7.74. The fraction of sp³-hybridized carbons (Fsp3) is 0.588. The van der Waals surface area contributed by atoms with Crippen LogP contribution in [0.1, 0.15) is 43.5 Å². The number of carbonyl (C=O) groups is 1. The van der Waals surface area contributed by atoms with Crippen molar-refractivity contribution in [3.05, 3.63) is 29.8 Å². The van der Waals surface area contributed by atoms with Gasteiger partial charge >= 0.3 is 0 Å². The van der Waals surface area contributed by atoms with Gasteiger partial charge < -0.3 is 9.80 Å². The van der Waals surface area contributed by atoms with Gasteiger partial charge in [-0.15, -0.1) is 0 Å². The van der Waals surface area contributed by atoms with Crippen LogP contribution >= 0.6 is 0 Å². The lowest BCUT2D eigenvalue weighted by molar-refractivity contribution is 0.0988. The van der Waals surface area contributed by atoms with Crippen molar-refractivity contribution < 1.29 is 4.79 Å². The molecule has 20 heavy (non-hydrogen) atoms. The van der Waals surface area contributed by atoms with Crippen LogP contribution < -0.4 is 4.90 Å². The standard InChI is InChI=1S/C17H26N2O/c1-4-14-13-18(3)11-8-12-19(14)16-10-7-6-9-15(16)17(20)5-2/h6-7,9-10,14H,4-5,8,11-13H2,1-3H3. The third kappa shape index (κ3) is 3.21. The number of carbonyl (C=O) groups excluding carboxylic acids is 1. The van der Waals surface area contributed by atoms with Gasteiger partial charge in [0.2, 0.25) is 0 Å². The molecule has 1 aromatic carbocycles.